The number of carbonyl (C=O) groups is 2. The van der Waals surface area contributed by atoms with Gasteiger partial charge in [-0.15, -0.1) is 0 Å². The first-order valence-electron chi connectivity index (χ1n) is 12.0. The van der Waals surface area contributed by atoms with Crippen molar-refractivity contribution in [3.63, 3.8) is 0 Å². The molecule has 1 heterocycles. The SMILES string of the molecule is COc1cc([C@H]2C3=C(CC(C)(C)CC3=O)N=C(C)C2C(=O)OCc2ccccc2)cc(OC)c1OC. The average Bonchev–Trinajstić information content (AvgIpc) is 2.85. The summed E-state index contributed by atoms with van der Waals surface area (Å²) in [7, 11) is 4.62. The number of methoxy groups -OCH3 is 3. The van der Waals surface area contributed by atoms with E-state index in [1.54, 1.807) is 26.4 Å². The minimum atomic E-state index is -0.763. The number of Topliss-reactive ketones (excluding diaryl/α,β-unsaturated/α-hetero) is 1. The number of nitrogens with zero attached hydrogens (tertiary/aromatic N) is 1. The van der Waals surface area contributed by atoms with Crippen molar-refractivity contribution >= 4 is 17.5 Å². The van der Waals surface area contributed by atoms with Gasteiger partial charge in [-0.3, -0.25) is 14.6 Å². The van der Waals surface area contributed by atoms with Crippen molar-refractivity contribution in [3.8, 4) is 17.2 Å². The van der Waals surface area contributed by atoms with Crippen LogP contribution in [-0.2, 0) is 20.9 Å². The molecule has 4 rings (SSSR count). The Bertz CT molecular complexity index is 1200. The first-order chi connectivity index (χ1) is 17.2. The van der Waals surface area contributed by atoms with Gasteiger partial charge in [-0.2, -0.15) is 0 Å². The molecule has 1 aliphatic heterocycles. The second-order valence-corrected chi connectivity index (χ2v) is 10.1. The number of ether oxygens (including phenoxy) is 4. The fourth-order valence-corrected chi connectivity index (χ4v) is 5.21. The fourth-order valence-electron chi connectivity index (χ4n) is 5.21. The van der Waals surface area contributed by atoms with Gasteiger partial charge in [0, 0.05) is 29.3 Å². The third-order valence-corrected chi connectivity index (χ3v) is 6.83. The van der Waals surface area contributed by atoms with Gasteiger partial charge in [0.05, 0.1) is 21.3 Å². The van der Waals surface area contributed by atoms with E-state index in [9.17, 15) is 9.59 Å². The van der Waals surface area contributed by atoms with Crippen molar-refractivity contribution in [1.82, 2.24) is 0 Å². The largest absolute Gasteiger partial charge is 0.493 e. The van der Waals surface area contributed by atoms with Gasteiger partial charge in [-0.05, 0) is 42.0 Å². The van der Waals surface area contributed by atoms with Crippen LogP contribution in [0, 0.1) is 11.3 Å². The van der Waals surface area contributed by atoms with E-state index in [2.05, 4.69) is 13.8 Å². The highest BCUT2D eigenvalue weighted by atomic mass is 16.5. The maximum Gasteiger partial charge on any atom is 0.315 e. The summed E-state index contributed by atoms with van der Waals surface area (Å²) < 4.78 is 22.4. The lowest BCUT2D eigenvalue weighted by atomic mass is 9.67. The van der Waals surface area contributed by atoms with Crippen LogP contribution in [0.2, 0.25) is 0 Å². The minimum Gasteiger partial charge on any atom is -0.493 e. The number of hydrogen-bond acceptors (Lipinski definition) is 7. The molecule has 36 heavy (non-hydrogen) atoms. The third-order valence-electron chi connectivity index (χ3n) is 6.83. The van der Waals surface area contributed by atoms with E-state index in [-0.39, 0.29) is 17.8 Å². The van der Waals surface area contributed by atoms with Gasteiger partial charge < -0.3 is 18.9 Å². The summed E-state index contributed by atoms with van der Waals surface area (Å²) >= 11 is 0. The smallest absolute Gasteiger partial charge is 0.315 e. The lowest BCUT2D eigenvalue weighted by Gasteiger charge is -2.39. The Kier molecular flexibility index (Phi) is 7.20. The molecule has 0 amide bonds. The fraction of sp³-hybridized carbons (Fsp3) is 0.414. The van der Waals surface area contributed by atoms with Crippen LogP contribution in [-0.4, -0.2) is 38.8 Å². The van der Waals surface area contributed by atoms with E-state index in [4.69, 9.17) is 23.9 Å². The van der Waals surface area contributed by atoms with Crippen molar-refractivity contribution in [2.24, 2.45) is 16.3 Å². The highest BCUT2D eigenvalue weighted by Crippen LogP contribution is 2.50. The number of aliphatic imine (C=N–C) groups is 1. The predicted molar refractivity (Wildman–Crippen MR) is 137 cm³/mol. The van der Waals surface area contributed by atoms with Gasteiger partial charge in [-0.1, -0.05) is 44.2 Å². The van der Waals surface area contributed by atoms with Crippen molar-refractivity contribution in [2.45, 2.75) is 46.1 Å². The molecule has 0 aromatic heterocycles. The van der Waals surface area contributed by atoms with Gasteiger partial charge in [-0.25, -0.2) is 0 Å². The topological polar surface area (TPSA) is 83.4 Å². The highest BCUT2D eigenvalue weighted by molar-refractivity contribution is 6.09. The summed E-state index contributed by atoms with van der Waals surface area (Å²) in [4.78, 5) is 31.9. The maximum absolute atomic E-state index is 13.6. The quantitative estimate of drug-likeness (QED) is 0.491. The molecule has 7 nitrogen and oxygen atoms in total. The summed E-state index contributed by atoms with van der Waals surface area (Å²) in [5.74, 6) is -0.430. The Morgan fingerprint density at radius 3 is 2.22 bits per heavy atom. The summed E-state index contributed by atoms with van der Waals surface area (Å²) in [6, 6.07) is 13.1. The molecule has 1 unspecified atom stereocenters. The zero-order valence-electron chi connectivity index (χ0n) is 21.7. The minimum absolute atomic E-state index is 0.00267. The molecule has 1 aliphatic carbocycles. The number of benzene rings is 2. The first-order valence-corrected chi connectivity index (χ1v) is 12.0. The van der Waals surface area contributed by atoms with Gasteiger partial charge in [0.15, 0.2) is 17.3 Å². The van der Waals surface area contributed by atoms with Gasteiger partial charge in [0.2, 0.25) is 5.75 Å². The molecule has 2 atom stereocenters. The zero-order valence-corrected chi connectivity index (χ0v) is 21.7. The summed E-state index contributed by atoms with van der Waals surface area (Å²) in [6.07, 6.45) is 1.03. The van der Waals surface area contributed by atoms with Crippen LogP contribution in [0.1, 0.15) is 50.7 Å². The average molecular weight is 492 g/mol. The lowest BCUT2D eigenvalue weighted by molar-refractivity contribution is -0.148. The molecule has 7 heteroatoms. The first kappa shape index (κ1) is 25.5. The predicted octanol–water partition coefficient (Wildman–Crippen LogP) is 5.27. The number of hydrogen-bond donors (Lipinski definition) is 0. The monoisotopic (exact) mass is 491 g/mol. The molecule has 0 saturated carbocycles. The molecule has 2 aliphatic rings. The number of esters is 1. The van der Waals surface area contributed by atoms with Gasteiger partial charge in [0.1, 0.15) is 12.5 Å². The van der Waals surface area contributed by atoms with Crippen molar-refractivity contribution in [2.75, 3.05) is 21.3 Å². The van der Waals surface area contributed by atoms with Crippen molar-refractivity contribution in [1.29, 1.82) is 0 Å². The highest BCUT2D eigenvalue weighted by Gasteiger charge is 2.46. The van der Waals surface area contributed by atoms with E-state index in [0.29, 0.717) is 46.9 Å². The van der Waals surface area contributed by atoms with Crippen molar-refractivity contribution < 1.29 is 28.5 Å². The Morgan fingerprint density at radius 2 is 1.64 bits per heavy atom. The Labute approximate surface area is 212 Å². The van der Waals surface area contributed by atoms with Crippen LogP contribution in [0.15, 0.2) is 58.7 Å². The zero-order chi connectivity index (χ0) is 26.0. The summed E-state index contributed by atoms with van der Waals surface area (Å²) in [5.41, 5.74) is 3.31. The molecule has 0 N–H and O–H groups in total. The molecule has 0 saturated heterocycles. The maximum atomic E-state index is 13.6. The molecule has 0 spiro atoms. The van der Waals surface area contributed by atoms with Crippen LogP contribution < -0.4 is 14.2 Å². The Hall–Kier alpha value is -3.61. The van der Waals surface area contributed by atoms with E-state index in [0.717, 1.165) is 11.3 Å². The second-order valence-electron chi connectivity index (χ2n) is 10.1. The number of carbonyl (C=O) groups excluding carboxylic acids is 2. The summed E-state index contributed by atoms with van der Waals surface area (Å²) in [6.45, 7) is 6.09. The van der Waals surface area contributed by atoms with Crippen LogP contribution >= 0.6 is 0 Å². The van der Waals surface area contributed by atoms with Gasteiger partial charge in [0.25, 0.3) is 0 Å². The van der Waals surface area contributed by atoms with E-state index < -0.39 is 17.8 Å². The van der Waals surface area contributed by atoms with Crippen LogP contribution in [0.5, 0.6) is 17.2 Å². The molecular formula is C29H33NO6. The molecule has 2 aromatic rings. The van der Waals surface area contributed by atoms with Crippen LogP contribution in [0.3, 0.4) is 0 Å². The van der Waals surface area contributed by atoms with E-state index in [1.807, 2.05) is 37.3 Å². The molecule has 190 valence electrons. The standard InChI is InChI=1S/C29H33NO6/c1-17-24(28(32)36-16-18-10-8-7-9-11-18)25(26-20(30-17)14-29(2,3)15-21(26)31)19-12-22(33-4)27(35-6)23(13-19)34-5/h7-13,24-25H,14-16H2,1-6H3/t24?,25-/m1/s1. The third kappa shape index (κ3) is 4.87. The number of rotatable bonds is 7. The lowest BCUT2D eigenvalue weighted by Crippen LogP contribution is -2.39. The van der Waals surface area contributed by atoms with Crippen molar-refractivity contribution in [3.05, 3.63) is 64.9 Å². The van der Waals surface area contributed by atoms with Gasteiger partial charge >= 0.3 is 5.97 Å². The molecule has 0 fully saturated rings. The molecule has 0 bridgehead atoms. The Morgan fingerprint density at radius 1 is 1.00 bits per heavy atom. The normalized spacial score (nSPS) is 20.8. The molecule has 2 aromatic carbocycles. The second kappa shape index (κ2) is 10.2. The number of allylic oxidation sites excluding steroid dienone is 2. The van der Waals surface area contributed by atoms with E-state index in [1.165, 1.54) is 7.11 Å². The van der Waals surface area contributed by atoms with E-state index >= 15 is 0 Å². The van der Waals surface area contributed by atoms with Crippen LogP contribution in [0.4, 0.5) is 0 Å². The summed E-state index contributed by atoms with van der Waals surface area (Å²) in [5, 5.41) is 0. The molecule has 0 radical (unpaired) electrons. The number of ketones is 1. The van der Waals surface area contributed by atoms with Crippen LogP contribution in [0.25, 0.3) is 0 Å². The molecular weight excluding hydrogens is 458 g/mol. The Balaban J connectivity index is 1.83.